The lowest BCUT2D eigenvalue weighted by molar-refractivity contribution is 0.491. The van der Waals surface area contributed by atoms with Crippen LogP contribution in [0.4, 0.5) is 13.2 Å². The first-order chi connectivity index (χ1) is 8.90. The van der Waals surface area contributed by atoms with E-state index in [9.17, 15) is 13.2 Å². The normalized spacial score (nSPS) is 12.5. The number of hydrogen-bond donors (Lipinski definition) is 0. The topological polar surface area (TPSA) is 0 Å². The molecule has 1 atom stereocenters. The van der Waals surface area contributed by atoms with E-state index in [2.05, 4.69) is 31.9 Å². The van der Waals surface area contributed by atoms with E-state index in [1.165, 1.54) is 0 Å². The number of benzene rings is 2. The fourth-order valence-electron chi connectivity index (χ4n) is 1.68. The fourth-order valence-corrected chi connectivity index (χ4v) is 2.71. The van der Waals surface area contributed by atoms with Crippen molar-refractivity contribution in [2.75, 3.05) is 0 Å². The minimum absolute atomic E-state index is 0.0645. The second-order valence-electron chi connectivity index (χ2n) is 4.16. The van der Waals surface area contributed by atoms with Crippen LogP contribution in [0.25, 0.3) is 0 Å². The Labute approximate surface area is 125 Å². The highest BCUT2D eigenvalue weighted by atomic mass is 79.9. The summed E-state index contributed by atoms with van der Waals surface area (Å²) in [4.78, 5) is -0.542. The summed E-state index contributed by atoms with van der Waals surface area (Å²) in [7, 11) is 0. The van der Waals surface area contributed by atoms with Gasteiger partial charge in [-0.15, -0.1) is 0 Å². The molecule has 0 radical (unpaired) electrons. The molecule has 0 N–H and O–H groups in total. The van der Waals surface area contributed by atoms with Gasteiger partial charge >= 0.3 is 0 Å². The van der Waals surface area contributed by atoms with Crippen LogP contribution in [0, 0.1) is 24.4 Å². The third kappa shape index (κ3) is 3.03. The lowest BCUT2D eigenvalue weighted by Gasteiger charge is -2.13. The number of hydrogen-bond acceptors (Lipinski definition) is 0. The van der Waals surface area contributed by atoms with Gasteiger partial charge in [-0.2, -0.15) is 0 Å². The van der Waals surface area contributed by atoms with Crippen LogP contribution >= 0.6 is 31.9 Å². The van der Waals surface area contributed by atoms with Crippen molar-refractivity contribution < 1.29 is 13.2 Å². The van der Waals surface area contributed by atoms with Gasteiger partial charge in [0.05, 0.1) is 4.83 Å². The lowest BCUT2D eigenvalue weighted by Crippen LogP contribution is -2.00. The van der Waals surface area contributed by atoms with Crippen molar-refractivity contribution >= 4 is 31.9 Å². The zero-order chi connectivity index (χ0) is 14.2. The molecule has 1 unspecified atom stereocenters. The first-order valence-electron chi connectivity index (χ1n) is 5.44. The van der Waals surface area contributed by atoms with Crippen LogP contribution in [-0.2, 0) is 0 Å². The SMILES string of the molecule is Cc1ccc(C(Br)c2cc(F)c(F)cc2F)cc1Br. The van der Waals surface area contributed by atoms with Gasteiger partial charge in [-0.3, -0.25) is 0 Å². The first-order valence-corrected chi connectivity index (χ1v) is 7.15. The Balaban J connectivity index is 2.46. The summed E-state index contributed by atoms with van der Waals surface area (Å²) in [6.07, 6.45) is 0. The van der Waals surface area contributed by atoms with Crippen molar-refractivity contribution in [3.05, 3.63) is 68.9 Å². The van der Waals surface area contributed by atoms with E-state index in [4.69, 9.17) is 0 Å². The van der Waals surface area contributed by atoms with Crippen LogP contribution in [0.1, 0.15) is 21.5 Å². The monoisotopic (exact) mass is 392 g/mol. The van der Waals surface area contributed by atoms with Crippen LogP contribution in [-0.4, -0.2) is 0 Å². The number of rotatable bonds is 2. The molecule has 0 heterocycles. The third-order valence-corrected chi connectivity index (χ3v) is 4.68. The average Bonchev–Trinajstić information content (AvgIpc) is 2.36. The standard InChI is InChI=1S/C14H9Br2F3/c1-7-2-3-8(4-10(7)15)14(16)9-5-12(18)13(19)6-11(9)17/h2-6,14H,1H3. The van der Waals surface area contributed by atoms with Gasteiger partial charge in [0, 0.05) is 16.1 Å². The maximum atomic E-state index is 13.7. The Bertz CT molecular complexity index is 626. The van der Waals surface area contributed by atoms with Gasteiger partial charge in [-0.25, -0.2) is 13.2 Å². The van der Waals surface area contributed by atoms with E-state index in [1.54, 1.807) is 6.07 Å². The van der Waals surface area contributed by atoms with Crippen molar-refractivity contribution in [2.45, 2.75) is 11.8 Å². The Morgan fingerprint density at radius 2 is 1.58 bits per heavy atom. The van der Waals surface area contributed by atoms with Crippen LogP contribution in [0.2, 0.25) is 0 Å². The highest BCUT2D eigenvalue weighted by Gasteiger charge is 2.18. The minimum Gasteiger partial charge on any atom is -0.207 e. The first kappa shape index (κ1) is 14.6. The summed E-state index contributed by atoms with van der Waals surface area (Å²) < 4.78 is 40.7. The van der Waals surface area contributed by atoms with Crippen LogP contribution < -0.4 is 0 Å². The van der Waals surface area contributed by atoms with Crippen molar-refractivity contribution in [1.29, 1.82) is 0 Å². The van der Waals surface area contributed by atoms with E-state index in [0.717, 1.165) is 21.7 Å². The maximum Gasteiger partial charge on any atom is 0.161 e. The van der Waals surface area contributed by atoms with Crippen molar-refractivity contribution in [1.82, 2.24) is 0 Å². The predicted molar refractivity (Wildman–Crippen MR) is 76.0 cm³/mol. The average molecular weight is 394 g/mol. The maximum absolute atomic E-state index is 13.7. The Morgan fingerprint density at radius 3 is 2.21 bits per heavy atom. The summed E-state index contributed by atoms with van der Waals surface area (Å²) in [5.74, 6) is -3.03. The highest BCUT2D eigenvalue weighted by Crippen LogP contribution is 2.35. The molecule has 0 saturated carbocycles. The van der Waals surface area contributed by atoms with E-state index in [1.807, 2.05) is 19.1 Å². The Kier molecular flexibility index (Phi) is 4.36. The zero-order valence-corrected chi connectivity index (χ0v) is 13.0. The molecule has 0 fully saturated rings. The molecule has 19 heavy (non-hydrogen) atoms. The molecular weight excluding hydrogens is 385 g/mol. The molecular formula is C14H9Br2F3. The molecule has 0 bridgehead atoms. The predicted octanol–water partition coefficient (Wildman–Crippen LogP) is 5.66. The number of aryl methyl sites for hydroxylation is 1. The molecule has 0 aliphatic carbocycles. The smallest absolute Gasteiger partial charge is 0.161 e. The van der Waals surface area contributed by atoms with E-state index >= 15 is 0 Å². The van der Waals surface area contributed by atoms with Gasteiger partial charge in [-0.05, 0) is 30.2 Å². The molecule has 0 aromatic heterocycles. The van der Waals surface area contributed by atoms with E-state index in [-0.39, 0.29) is 5.56 Å². The van der Waals surface area contributed by atoms with Gasteiger partial charge < -0.3 is 0 Å². The molecule has 0 aliphatic rings. The minimum atomic E-state index is -1.19. The van der Waals surface area contributed by atoms with Gasteiger partial charge in [0.1, 0.15) is 5.82 Å². The zero-order valence-electron chi connectivity index (χ0n) is 9.85. The largest absolute Gasteiger partial charge is 0.207 e. The molecule has 0 nitrogen and oxygen atoms in total. The molecule has 2 rings (SSSR count). The summed E-state index contributed by atoms with van der Waals surface area (Å²) in [6, 6.07) is 6.92. The van der Waals surface area contributed by atoms with Gasteiger partial charge in [0.2, 0.25) is 0 Å². The van der Waals surface area contributed by atoms with Crippen LogP contribution in [0.15, 0.2) is 34.8 Å². The van der Waals surface area contributed by atoms with Gasteiger partial charge in [0.15, 0.2) is 11.6 Å². The third-order valence-electron chi connectivity index (χ3n) is 2.80. The van der Waals surface area contributed by atoms with Crippen molar-refractivity contribution in [3.63, 3.8) is 0 Å². The molecule has 0 aliphatic heterocycles. The molecule has 100 valence electrons. The molecule has 0 saturated heterocycles. The lowest BCUT2D eigenvalue weighted by atomic mass is 10.0. The summed E-state index contributed by atoms with van der Waals surface area (Å²) >= 11 is 6.70. The molecule has 2 aromatic carbocycles. The molecule has 0 spiro atoms. The Morgan fingerprint density at radius 1 is 0.947 bits per heavy atom. The van der Waals surface area contributed by atoms with E-state index < -0.39 is 22.3 Å². The van der Waals surface area contributed by atoms with Crippen molar-refractivity contribution in [3.8, 4) is 0 Å². The molecule has 2 aromatic rings. The molecule has 0 amide bonds. The fraction of sp³-hybridized carbons (Fsp3) is 0.143. The van der Waals surface area contributed by atoms with Gasteiger partial charge in [-0.1, -0.05) is 44.0 Å². The summed E-state index contributed by atoms with van der Waals surface area (Å²) in [5, 5.41) is 0. The van der Waals surface area contributed by atoms with Crippen molar-refractivity contribution in [2.24, 2.45) is 0 Å². The number of alkyl halides is 1. The molecule has 5 heteroatoms. The highest BCUT2D eigenvalue weighted by molar-refractivity contribution is 9.10. The quantitative estimate of drug-likeness (QED) is 0.456. The second kappa shape index (κ2) is 5.67. The van der Waals surface area contributed by atoms with E-state index in [0.29, 0.717) is 6.07 Å². The number of halogens is 5. The summed E-state index contributed by atoms with van der Waals surface area (Å²) in [5.41, 5.74) is 1.85. The van der Waals surface area contributed by atoms with Crippen LogP contribution in [0.5, 0.6) is 0 Å². The second-order valence-corrected chi connectivity index (χ2v) is 5.93. The Hall–Kier alpha value is -0.810. The van der Waals surface area contributed by atoms with Gasteiger partial charge in [0.25, 0.3) is 0 Å². The summed E-state index contributed by atoms with van der Waals surface area (Å²) in [6.45, 7) is 1.93. The van der Waals surface area contributed by atoms with Crippen LogP contribution in [0.3, 0.4) is 0 Å².